The van der Waals surface area contributed by atoms with Crippen molar-refractivity contribution < 1.29 is 4.57 Å². The molecule has 0 radical (unpaired) electrons. The molecule has 0 aliphatic heterocycles. The fraction of sp³-hybridized carbons (Fsp3) is 0.529. The zero-order valence-corrected chi connectivity index (χ0v) is 14.6. The molecule has 1 aromatic carbocycles. The Kier molecular flexibility index (Phi) is 3.46. The second-order valence-electron chi connectivity index (χ2n) is 7.59. The Morgan fingerprint density at radius 2 is 1.45 bits per heavy atom. The number of para-hydroxylation sites is 1. The molecule has 0 spiro atoms. The minimum absolute atomic E-state index is 0.278. The smallest absolute Gasteiger partial charge is 0.186 e. The van der Waals surface area contributed by atoms with Crippen LogP contribution in [0.2, 0.25) is 0 Å². The average molecular weight is 291 g/mol. The minimum atomic E-state index is -2.65. The van der Waals surface area contributed by atoms with E-state index in [-0.39, 0.29) is 10.3 Å². The van der Waals surface area contributed by atoms with E-state index >= 15 is 0 Å². The first-order chi connectivity index (χ1) is 9.00. The summed E-state index contributed by atoms with van der Waals surface area (Å²) < 4.78 is 16.1. The van der Waals surface area contributed by atoms with Crippen molar-refractivity contribution in [1.82, 2.24) is 4.34 Å². The lowest BCUT2D eigenvalue weighted by Crippen LogP contribution is -2.32. The predicted molar refractivity (Wildman–Crippen MR) is 89.2 cm³/mol. The summed E-state index contributed by atoms with van der Waals surface area (Å²) in [5.74, 6) is 0. The van der Waals surface area contributed by atoms with Gasteiger partial charge in [0.25, 0.3) is 0 Å². The summed E-state index contributed by atoms with van der Waals surface area (Å²) in [5, 5.41) is 0.639. The van der Waals surface area contributed by atoms with E-state index < -0.39 is 7.29 Å². The van der Waals surface area contributed by atoms with Gasteiger partial charge in [0.15, 0.2) is 7.29 Å². The molecule has 0 fully saturated rings. The molecular formula is C17H26NOP. The van der Waals surface area contributed by atoms with Crippen LogP contribution in [0.25, 0.3) is 10.9 Å². The van der Waals surface area contributed by atoms with Crippen LogP contribution in [0.4, 0.5) is 0 Å². The molecule has 110 valence electrons. The molecule has 3 heteroatoms. The van der Waals surface area contributed by atoms with Crippen LogP contribution in [0.3, 0.4) is 0 Å². The molecule has 0 saturated carbocycles. The predicted octanol–water partition coefficient (Wildman–Crippen LogP) is 5.67. The normalized spacial score (nSPS) is 13.9. The zero-order valence-electron chi connectivity index (χ0n) is 13.7. The number of benzene rings is 1. The molecule has 0 bridgehead atoms. The number of aryl methyl sites for hydroxylation is 1. The summed E-state index contributed by atoms with van der Waals surface area (Å²) in [6, 6.07) is 8.25. The van der Waals surface area contributed by atoms with Crippen molar-refractivity contribution in [2.75, 3.05) is 0 Å². The van der Waals surface area contributed by atoms with Crippen LogP contribution in [0, 0.1) is 6.92 Å². The highest BCUT2D eigenvalue weighted by atomic mass is 31.2. The SMILES string of the molecule is Cc1cn(P(=O)(C(C)(C)C)C(C)(C)C)c2ccccc12. The summed E-state index contributed by atoms with van der Waals surface area (Å²) in [7, 11) is -2.65. The molecule has 2 nitrogen and oxygen atoms in total. The minimum Gasteiger partial charge on any atom is -0.299 e. The second-order valence-corrected chi connectivity index (χ2v) is 11.9. The first kappa shape index (κ1) is 15.4. The summed E-state index contributed by atoms with van der Waals surface area (Å²) >= 11 is 0. The first-order valence-electron chi connectivity index (χ1n) is 7.18. The maximum atomic E-state index is 14.0. The lowest BCUT2D eigenvalue weighted by Gasteiger charge is -2.42. The fourth-order valence-electron chi connectivity index (χ4n) is 3.22. The van der Waals surface area contributed by atoms with Crippen LogP contribution >= 0.6 is 7.29 Å². The van der Waals surface area contributed by atoms with E-state index in [2.05, 4.69) is 71.1 Å². The largest absolute Gasteiger partial charge is 0.299 e. The summed E-state index contributed by atoms with van der Waals surface area (Å²) in [6.45, 7) is 14.6. The van der Waals surface area contributed by atoms with E-state index in [1.54, 1.807) is 0 Å². The molecule has 0 amide bonds. The summed E-state index contributed by atoms with van der Waals surface area (Å²) in [5.41, 5.74) is 2.27. The molecule has 0 N–H and O–H groups in total. The first-order valence-corrected chi connectivity index (χ1v) is 8.84. The van der Waals surface area contributed by atoms with Crippen LogP contribution in [0.1, 0.15) is 47.1 Å². The Labute approximate surface area is 122 Å². The van der Waals surface area contributed by atoms with E-state index in [0.717, 1.165) is 5.52 Å². The number of rotatable bonds is 1. The van der Waals surface area contributed by atoms with Crippen LogP contribution in [-0.2, 0) is 4.57 Å². The third-order valence-electron chi connectivity index (χ3n) is 4.01. The molecule has 2 aromatic rings. The maximum absolute atomic E-state index is 14.0. The molecule has 0 aliphatic rings. The van der Waals surface area contributed by atoms with E-state index in [1.165, 1.54) is 10.9 Å². The van der Waals surface area contributed by atoms with E-state index in [0.29, 0.717) is 0 Å². The van der Waals surface area contributed by atoms with Gasteiger partial charge in [-0.1, -0.05) is 59.7 Å². The van der Waals surface area contributed by atoms with Crippen LogP contribution in [0.5, 0.6) is 0 Å². The molecule has 1 aromatic heterocycles. The van der Waals surface area contributed by atoms with Gasteiger partial charge in [-0.25, -0.2) is 0 Å². The van der Waals surface area contributed by atoms with Gasteiger partial charge < -0.3 is 0 Å². The van der Waals surface area contributed by atoms with Gasteiger partial charge in [-0.2, -0.15) is 0 Å². The second kappa shape index (κ2) is 4.49. The van der Waals surface area contributed by atoms with Crippen molar-refractivity contribution in [2.45, 2.75) is 58.8 Å². The van der Waals surface area contributed by atoms with E-state index in [9.17, 15) is 4.57 Å². The van der Waals surface area contributed by atoms with Gasteiger partial charge in [0, 0.05) is 21.9 Å². The van der Waals surface area contributed by atoms with Gasteiger partial charge in [-0.05, 0) is 18.6 Å². The van der Waals surface area contributed by atoms with Gasteiger partial charge in [0.2, 0.25) is 0 Å². The van der Waals surface area contributed by atoms with Gasteiger partial charge in [0.1, 0.15) is 0 Å². The van der Waals surface area contributed by atoms with Crippen molar-refractivity contribution in [3.05, 3.63) is 36.0 Å². The average Bonchev–Trinajstić information content (AvgIpc) is 2.64. The van der Waals surface area contributed by atoms with Gasteiger partial charge in [-0.3, -0.25) is 8.90 Å². The van der Waals surface area contributed by atoms with Crippen molar-refractivity contribution in [2.24, 2.45) is 0 Å². The van der Waals surface area contributed by atoms with Crippen molar-refractivity contribution >= 4 is 18.2 Å². The van der Waals surface area contributed by atoms with Crippen molar-refractivity contribution in [1.29, 1.82) is 0 Å². The molecule has 0 atom stereocenters. The van der Waals surface area contributed by atoms with Gasteiger partial charge in [-0.15, -0.1) is 0 Å². The zero-order chi connectivity index (χ0) is 15.3. The van der Waals surface area contributed by atoms with Gasteiger partial charge >= 0.3 is 0 Å². The van der Waals surface area contributed by atoms with Crippen LogP contribution in [-0.4, -0.2) is 14.6 Å². The highest BCUT2D eigenvalue weighted by Gasteiger charge is 2.48. The maximum Gasteiger partial charge on any atom is 0.186 e. The third-order valence-corrected chi connectivity index (χ3v) is 8.59. The molecule has 1 heterocycles. The summed E-state index contributed by atoms with van der Waals surface area (Å²) in [4.78, 5) is 0. The Hall–Kier alpha value is -1.01. The fourth-order valence-corrected chi connectivity index (χ4v) is 7.33. The van der Waals surface area contributed by atoms with E-state index in [1.807, 2.05) is 12.1 Å². The Morgan fingerprint density at radius 1 is 0.950 bits per heavy atom. The van der Waals surface area contributed by atoms with Crippen molar-refractivity contribution in [3.63, 3.8) is 0 Å². The Balaban J connectivity index is 2.88. The van der Waals surface area contributed by atoms with Crippen molar-refractivity contribution in [3.8, 4) is 0 Å². The van der Waals surface area contributed by atoms with Crippen LogP contribution in [0.15, 0.2) is 30.5 Å². The van der Waals surface area contributed by atoms with E-state index in [4.69, 9.17) is 0 Å². The number of fused-ring (bicyclic) bond motifs is 1. The van der Waals surface area contributed by atoms with Gasteiger partial charge in [0.05, 0.1) is 5.52 Å². The highest BCUT2D eigenvalue weighted by Crippen LogP contribution is 2.68. The van der Waals surface area contributed by atoms with Crippen LogP contribution < -0.4 is 0 Å². The quantitative estimate of drug-likeness (QED) is 0.620. The monoisotopic (exact) mass is 291 g/mol. The molecular weight excluding hydrogens is 265 g/mol. The molecule has 0 unspecified atom stereocenters. The third kappa shape index (κ3) is 2.05. The highest BCUT2D eigenvalue weighted by molar-refractivity contribution is 7.65. The Bertz CT molecular complexity index is 665. The molecule has 0 saturated heterocycles. The Morgan fingerprint density at radius 3 is 1.95 bits per heavy atom. The lowest BCUT2D eigenvalue weighted by molar-refractivity contribution is 0.509. The summed E-state index contributed by atoms with van der Waals surface area (Å²) in [6.07, 6.45) is 2.07. The molecule has 0 aliphatic carbocycles. The number of aromatic nitrogens is 1. The standard InChI is InChI=1S/C17H26NOP/c1-13-12-18(15-11-9-8-10-14(13)15)20(19,16(2,3)4)17(5,6)7/h8-12H,1-7H3. The number of nitrogens with zero attached hydrogens (tertiary/aromatic N) is 1. The number of hydrogen-bond donors (Lipinski definition) is 0. The lowest BCUT2D eigenvalue weighted by atomic mass is 10.2. The molecule has 2 rings (SSSR count). The number of hydrogen-bond acceptors (Lipinski definition) is 1. The topological polar surface area (TPSA) is 22.0 Å². The molecule has 20 heavy (non-hydrogen) atoms.